The zero-order valence-electron chi connectivity index (χ0n) is 20.8. The van der Waals surface area contributed by atoms with Crippen LogP contribution in [0.3, 0.4) is 0 Å². The fourth-order valence-electron chi connectivity index (χ4n) is 4.79. The standard InChI is InChI=1S/C26H34N8O2/c1-27-17-18-6-8-19(9-7-18)30-23-22(24(35)25(23)36)29-11-10-28-20-16-21(33-12-2-3-13-33)32-26(31-20)34-14-4-5-15-34/h6-9,16,27,29-30H,2-5,10-15,17H2,1H3,(H,28,31,32). The maximum absolute atomic E-state index is 12.2. The monoisotopic (exact) mass is 490 g/mol. The molecular formula is C26H34N8O2. The molecule has 0 saturated carbocycles. The van der Waals surface area contributed by atoms with Gasteiger partial charge in [-0.15, -0.1) is 0 Å². The van der Waals surface area contributed by atoms with E-state index in [1.165, 1.54) is 25.7 Å². The summed E-state index contributed by atoms with van der Waals surface area (Å²) in [5.41, 5.74) is 1.58. The Bertz CT molecular complexity index is 1210. The number of hydrogen-bond acceptors (Lipinski definition) is 10. The molecule has 3 heterocycles. The van der Waals surface area contributed by atoms with Crippen LogP contribution >= 0.6 is 0 Å². The highest BCUT2D eigenvalue weighted by molar-refractivity contribution is 5.78. The number of hydrogen-bond donors (Lipinski definition) is 4. The molecule has 2 saturated heterocycles. The van der Waals surface area contributed by atoms with Gasteiger partial charge in [0.15, 0.2) is 0 Å². The van der Waals surface area contributed by atoms with Gasteiger partial charge in [0.1, 0.15) is 23.0 Å². The third kappa shape index (κ3) is 5.28. The Morgan fingerprint density at radius 2 is 1.44 bits per heavy atom. The molecule has 1 aromatic heterocycles. The molecule has 0 aliphatic carbocycles. The molecule has 2 aromatic carbocycles. The van der Waals surface area contributed by atoms with Crippen molar-refractivity contribution in [3.63, 3.8) is 0 Å². The molecule has 0 radical (unpaired) electrons. The van der Waals surface area contributed by atoms with Crippen molar-refractivity contribution in [3.8, 4) is 0 Å². The maximum Gasteiger partial charge on any atom is 0.253 e. The highest BCUT2D eigenvalue weighted by Crippen LogP contribution is 2.26. The van der Waals surface area contributed by atoms with Crippen molar-refractivity contribution in [2.75, 3.05) is 72.1 Å². The van der Waals surface area contributed by atoms with E-state index in [2.05, 4.69) is 31.1 Å². The molecule has 36 heavy (non-hydrogen) atoms. The van der Waals surface area contributed by atoms with E-state index in [1.807, 2.05) is 37.4 Å². The van der Waals surface area contributed by atoms with Crippen LogP contribution in [0.4, 0.5) is 34.6 Å². The number of rotatable bonds is 11. The molecule has 10 nitrogen and oxygen atoms in total. The summed E-state index contributed by atoms with van der Waals surface area (Å²) < 4.78 is 0. The highest BCUT2D eigenvalue weighted by atomic mass is 16.2. The molecule has 190 valence electrons. The number of benzene rings is 1. The quantitative estimate of drug-likeness (QED) is 0.236. The molecule has 3 aromatic rings. The lowest BCUT2D eigenvalue weighted by molar-refractivity contribution is 0.818. The van der Waals surface area contributed by atoms with Crippen molar-refractivity contribution in [1.82, 2.24) is 15.3 Å². The molecule has 0 bridgehead atoms. The van der Waals surface area contributed by atoms with E-state index in [9.17, 15) is 9.59 Å². The number of nitrogens with zero attached hydrogens (tertiary/aromatic N) is 4. The zero-order valence-corrected chi connectivity index (χ0v) is 20.8. The molecule has 4 N–H and O–H groups in total. The van der Waals surface area contributed by atoms with E-state index in [0.29, 0.717) is 24.5 Å². The second kappa shape index (κ2) is 10.9. The van der Waals surface area contributed by atoms with Crippen LogP contribution in [0.5, 0.6) is 0 Å². The molecule has 2 aliphatic rings. The van der Waals surface area contributed by atoms with Gasteiger partial charge in [-0.1, -0.05) is 12.1 Å². The number of anilines is 6. The zero-order chi connectivity index (χ0) is 24.9. The topological polar surface area (TPSA) is 115 Å². The summed E-state index contributed by atoms with van der Waals surface area (Å²) in [7, 11) is 1.89. The first kappa shape index (κ1) is 24.1. The molecule has 0 spiro atoms. The molecule has 0 unspecified atom stereocenters. The van der Waals surface area contributed by atoms with Gasteiger partial charge < -0.3 is 31.1 Å². The molecular weight excluding hydrogens is 456 g/mol. The average Bonchev–Trinajstić information content (AvgIpc) is 3.63. The van der Waals surface area contributed by atoms with Gasteiger partial charge in [-0.2, -0.15) is 9.97 Å². The smallest absolute Gasteiger partial charge is 0.253 e. The lowest BCUT2D eigenvalue weighted by Crippen LogP contribution is -2.37. The van der Waals surface area contributed by atoms with Gasteiger partial charge in [-0.3, -0.25) is 9.59 Å². The lowest BCUT2D eigenvalue weighted by atomic mass is 10.1. The highest BCUT2D eigenvalue weighted by Gasteiger charge is 2.22. The molecule has 10 heteroatoms. The summed E-state index contributed by atoms with van der Waals surface area (Å²) in [6.45, 7) is 5.82. The first-order chi connectivity index (χ1) is 17.6. The van der Waals surface area contributed by atoms with Gasteiger partial charge in [-0.05, 0) is 50.4 Å². The van der Waals surface area contributed by atoms with Gasteiger partial charge in [0.25, 0.3) is 10.9 Å². The van der Waals surface area contributed by atoms with E-state index in [1.54, 1.807) is 0 Å². The van der Waals surface area contributed by atoms with Gasteiger partial charge in [-0.25, -0.2) is 0 Å². The molecule has 5 rings (SSSR count). The normalized spacial score (nSPS) is 15.6. The van der Waals surface area contributed by atoms with Crippen molar-refractivity contribution in [2.24, 2.45) is 0 Å². The molecule has 2 fully saturated rings. The van der Waals surface area contributed by atoms with Gasteiger partial charge in [0, 0.05) is 57.6 Å². The second-order valence-corrected chi connectivity index (χ2v) is 9.41. The Labute approximate surface area is 210 Å². The minimum absolute atomic E-state index is 0.316. The summed E-state index contributed by atoms with van der Waals surface area (Å²) in [4.78, 5) is 38.5. The summed E-state index contributed by atoms with van der Waals surface area (Å²) >= 11 is 0. The van der Waals surface area contributed by atoms with Crippen LogP contribution < -0.4 is 41.9 Å². The summed E-state index contributed by atoms with van der Waals surface area (Å²) in [5, 5.41) is 12.7. The van der Waals surface area contributed by atoms with Crippen molar-refractivity contribution in [2.45, 2.75) is 32.2 Å². The summed E-state index contributed by atoms with van der Waals surface area (Å²) in [6, 6.07) is 9.78. The van der Waals surface area contributed by atoms with E-state index in [-0.39, 0.29) is 0 Å². The predicted molar refractivity (Wildman–Crippen MR) is 146 cm³/mol. The van der Waals surface area contributed by atoms with Crippen LogP contribution in [-0.4, -0.2) is 56.3 Å². The van der Waals surface area contributed by atoms with Gasteiger partial charge >= 0.3 is 0 Å². The second-order valence-electron chi connectivity index (χ2n) is 9.41. The van der Waals surface area contributed by atoms with E-state index in [0.717, 1.165) is 61.6 Å². The average molecular weight is 491 g/mol. The Hall–Kier alpha value is -3.66. The maximum atomic E-state index is 12.2. The SMILES string of the molecule is CNCc1ccc(Nc2c(NCCNc3cc(N4CCCC4)nc(N4CCCC4)n3)c(=O)c2=O)cc1. The van der Waals surface area contributed by atoms with E-state index >= 15 is 0 Å². The van der Waals surface area contributed by atoms with Gasteiger partial charge in [0.2, 0.25) is 5.95 Å². The third-order valence-corrected chi connectivity index (χ3v) is 6.77. The predicted octanol–water partition coefficient (Wildman–Crippen LogP) is 2.26. The Morgan fingerprint density at radius 3 is 2.14 bits per heavy atom. The van der Waals surface area contributed by atoms with Crippen molar-refractivity contribution >= 4 is 34.6 Å². The van der Waals surface area contributed by atoms with E-state index in [4.69, 9.17) is 9.97 Å². The van der Waals surface area contributed by atoms with Crippen molar-refractivity contribution < 1.29 is 0 Å². The third-order valence-electron chi connectivity index (χ3n) is 6.77. The minimum Gasteiger partial charge on any atom is -0.378 e. The van der Waals surface area contributed by atoms with E-state index < -0.39 is 10.9 Å². The fourth-order valence-corrected chi connectivity index (χ4v) is 4.79. The summed E-state index contributed by atoms with van der Waals surface area (Å²) in [6.07, 6.45) is 4.71. The van der Waals surface area contributed by atoms with Crippen LogP contribution in [0.1, 0.15) is 31.2 Å². The van der Waals surface area contributed by atoms with Gasteiger partial charge in [0.05, 0.1) is 0 Å². The Kier molecular flexibility index (Phi) is 7.31. The van der Waals surface area contributed by atoms with Crippen LogP contribution in [0.15, 0.2) is 39.9 Å². The Morgan fingerprint density at radius 1 is 0.806 bits per heavy atom. The van der Waals surface area contributed by atoms with Crippen LogP contribution in [-0.2, 0) is 6.54 Å². The minimum atomic E-state index is -0.494. The molecule has 0 atom stereocenters. The first-order valence-corrected chi connectivity index (χ1v) is 12.8. The van der Waals surface area contributed by atoms with Crippen molar-refractivity contribution in [3.05, 3.63) is 56.3 Å². The lowest BCUT2D eigenvalue weighted by Gasteiger charge is -2.22. The number of aromatic nitrogens is 2. The summed E-state index contributed by atoms with van der Waals surface area (Å²) in [5.74, 6) is 2.53. The molecule has 0 amide bonds. The fraction of sp³-hybridized carbons (Fsp3) is 0.462. The van der Waals surface area contributed by atoms with Crippen LogP contribution in [0.25, 0.3) is 0 Å². The van der Waals surface area contributed by atoms with Crippen LogP contribution in [0.2, 0.25) is 0 Å². The largest absolute Gasteiger partial charge is 0.378 e. The first-order valence-electron chi connectivity index (χ1n) is 12.8. The molecule has 2 aliphatic heterocycles. The van der Waals surface area contributed by atoms with Crippen LogP contribution in [0, 0.1) is 0 Å². The Balaban J connectivity index is 1.20. The number of nitrogens with one attached hydrogen (secondary N) is 4. The van der Waals surface area contributed by atoms with Crippen molar-refractivity contribution in [1.29, 1.82) is 0 Å².